The molecule has 0 amide bonds. The Morgan fingerprint density at radius 3 is 1.78 bits per heavy atom. The molecule has 2 aromatic heterocycles. The summed E-state index contributed by atoms with van der Waals surface area (Å²) in [7, 11) is 0. The van der Waals surface area contributed by atoms with Crippen LogP contribution in [0.1, 0.15) is 25.0 Å². The minimum absolute atomic E-state index is 0.128. The van der Waals surface area contributed by atoms with Crippen molar-refractivity contribution in [1.29, 1.82) is 0 Å². The van der Waals surface area contributed by atoms with E-state index in [9.17, 15) is 0 Å². The van der Waals surface area contributed by atoms with Crippen LogP contribution in [0.25, 0.3) is 72.5 Å². The average molecular weight is 815 g/mol. The minimum atomic E-state index is -3.70. The molecule has 278 valence electrons. The number of hydrogen-bond donors (Lipinski definition) is 0. The third-order valence-corrected chi connectivity index (χ3v) is 23.3. The van der Waals surface area contributed by atoms with Gasteiger partial charge in [-0.2, -0.15) is 0 Å². The van der Waals surface area contributed by atoms with Crippen LogP contribution < -0.4 is 17.6 Å². The summed E-state index contributed by atoms with van der Waals surface area (Å²) in [5.74, 6) is 0.728. The van der Waals surface area contributed by atoms with Crippen LogP contribution in [-0.4, -0.2) is 27.8 Å². The summed E-state index contributed by atoms with van der Waals surface area (Å²) in [5.41, 5.74) is 14.1. The SMILES string of the molecule is CC1(C)c2ccccc2-c2c1ccc1c3ccccc3n(-c3ccccc3-c3nc(-c4ccccc4)[c]4c(n3)-c3cccc[c]3[Ge]4([c]3ccccc3)[c]3ccccc3)c21. The van der Waals surface area contributed by atoms with E-state index in [1.807, 2.05) is 0 Å². The predicted octanol–water partition coefficient (Wildman–Crippen LogP) is 10.6. The second-order valence-corrected chi connectivity index (χ2v) is 24.2. The Balaban J connectivity index is 1.20. The van der Waals surface area contributed by atoms with Gasteiger partial charge in [-0.1, -0.05) is 6.07 Å². The summed E-state index contributed by atoms with van der Waals surface area (Å²) in [6, 6.07) is 73.6. The van der Waals surface area contributed by atoms with Crippen molar-refractivity contribution in [2.24, 2.45) is 0 Å². The predicted molar refractivity (Wildman–Crippen MR) is 247 cm³/mol. The maximum absolute atomic E-state index is 5.80. The van der Waals surface area contributed by atoms with E-state index in [0.717, 1.165) is 34.0 Å². The van der Waals surface area contributed by atoms with Gasteiger partial charge >= 0.3 is 342 Å². The quantitative estimate of drug-likeness (QED) is 0.162. The number of benzene rings is 8. The number of fused-ring (bicyclic) bond motifs is 10. The molecule has 0 spiro atoms. The fourth-order valence-electron chi connectivity index (χ4n) is 10.6. The van der Waals surface area contributed by atoms with Crippen molar-refractivity contribution in [3.05, 3.63) is 211 Å². The van der Waals surface area contributed by atoms with Crippen LogP contribution in [0, 0.1) is 0 Å². The van der Waals surface area contributed by atoms with Crippen molar-refractivity contribution in [3.63, 3.8) is 0 Å². The molecule has 0 fully saturated rings. The molecule has 0 N–H and O–H groups in total. The van der Waals surface area contributed by atoms with Gasteiger partial charge in [0.25, 0.3) is 0 Å². The van der Waals surface area contributed by atoms with E-state index in [-0.39, 0.29) is 5.41 Å². The van der Waals surface area contributed by atoms with Gasteiger partial charge in [0.15, 0.2) is 0 Å². The topological polar surface area (TPSA) is 30.7 Å². The maximum atomic E-state index is 5.80. The second-order valence-electron chi connectivity index (χ2n) is 16.4. The first-order valence-electron chi connectivity index (χ1n) is 20.5. The molecule has 1 aliphatic carbocycles. The Morgan fingerprint density at radius 2 is 1.03 bits per heavy atom. The van der Waals surface area contributed by atoms with Gasteiger partial charge in [0, 0.05) is 0 Å². The molecule has 10 aromatic rings. The zero-order valence-electron chi connectivity index (χ0n) is 32.9. The third-order valence-electron chi connectivity index (χ3n) is 13.1. The van der Waals surface area contributed by atoms with Gasteiger partial charge in [0.05, 0.1) is 0 Å². The molecule has 0 bridgehead atoms. The molecular formula is C55H39GeN3. The van der Waals surface area contributed by atoms with Gasteiger partial charge in [-0.15, -0.1) is 0 Å². The molecular weight excluding hydrogens is 775 g/mol. The summed E-state index contributed by atoms with van der Waals surface area (Å²) in [5, 5.41) is 2.48. The molecule has 3 nitrogen and oxygen atoms in total. The van der Waals surface area contributed by atoms with Crippen LogP contribution in [0.5, 0.6) is 0 Å². The van der Waals surface area contributed by atoms with Crippen molar-refractivity contribution < 1.29 is 0 Å². The number of rotatable bonds is 5. The molecule has 0 saturated heterocycles. The Hall–Kier alpha value is -6.82. The Bertz CT molecular complexity index is 3250. The van der Waals surface area contributed by atoms with Crippen LogP contribution >= 0.6 is 0 Å². The zero-order valence-corrected chi connectivity index (χ0v) is 35.0. The monoisotopic (exact) mass is 815 g/mol. The molecule has 4 heteroatoms. The van der Waals surface area contributed by atoms with Crippen LogP contribution in [0.2, 0.25) is 0 Å². The normalized spacial score (nSPS) is 14.2. The van der Waals surface area contributed by atoms with Crippen molar-refractivity contribution in [3.8, 4) is 50.7 Å². The van der Waals surface area contributed by atoms with Crippen LogP contribution in [0.3, 0.4) is 0 Å². The fraction of sp³-hybridized carbons (Fsp3) is 0.0545. The molecule has 0 saturated carbocycles. The van der Waals surface area contributed by atoms with Gasteiger partial charge in [-0.25, -0.2) is 0 Å². The van der Waals surface area contributed by atoms with Crippen molar-refractivity contribution in [2.75, 3.05) is 0 Å². The molecule has 8 aromatic carbocycles. The molecule has 3 heterocycles. The number of hydrogen-bond acceptors (Lipinski definition) is 2. The molecule has 2 aliphatic rings. The molecule has 59 heavy (non-hydrogen) atoms. The first kappa shape index (κ1) is 34.2. The zero-order chi connectivity index (χ0) is 39.3. The van der Waals surface area contributed by atoms with Crippen molar-refractivity contribution >= 4 is 52.7 Å². The molecule has 12 rings (SSSR count). The summed E-state index contributed by atoms with van der Waals surface area (Å²) in [4.78, 5) is 11.6. The molecule has 1 aliphatic heterocycles. The van der Waals surface area contributed by atoms with Crippen molar-refractivity contribution in [2.45, 2.75) is 19.3 Å². The summed E-state index contributed by atoms with van der Waals surface area (Å²) in [6.07, 6.45) is 0. The Kier molecular flexibility index (Phi) is 7.45. The number of para-hydroxylation sites is 2. The van der Waals surface area contributed by atoms with Gasteiger partial charge in [0.1, 0.15) is 0 Å². The number of nitrogens with zero attached hydrogens (tertiary/aromatic N) is 3. The van der Waals surface area contributed by atoms with Gasteiger partial charge < -0.3 is 0 Å². The fourth-order valence-corrected chi connectivity index (χ4v) is 21.6. The van der Waals surface area contributed by atoms with Gasteiger partial charge in [-0.3, -0.25) is 0 Å². The second kappa shape index (κ2) is 12.8. The molecule has 0 radical (unpaired) electrons. The number of aromatic nitrogens is 3. The van der Waals surface area contributed by atoms with E-state index in [2.05, 4.69) is 219 Å². The van der Waals surface area contributed by atoms with E-state index in [0.29, 0.717) is 0 Å². The van der Waals surface area contributed by atoms with E-state index < -0.39 is 13.3 Å². The average Bonchev–Trinajstić information content (AvgIpc) is 3.88. The first-order chi connectivity index (χ1) is 29.1. The van der Waals surface area contributed by atoms with Crippen molar-refractivity contribution in [1.82, 2.24) is 14.5 Å². The molecule has 0 atom stereocenters. The standard InChI is InChI=1S/C55H39GeN3/c1-55(2)44-30-16-12-27-41(44)49-45(55)35-34-40-39-26-14-18-32-47(39)59(53(40)49)48-33-19-15-29-43(48)54-57-51(36-20-6-3-7-21-36)50-52(58-54)42-28-13-17-31-46(42)56(50,37-22-8-4-9-23-37)38-24-10-5-11-25-38/h3-35H,1-2H3. The van der Waals surface area contributed by atoms with E-state index in [1.165, 1.54) is 67.2 Å². The van der Waals surface area contributed by atoms with Crippen LogP contribution in [0.15, 0.2) is 200 Å². The summed E-state index contributed by atoms with van der Waals surface area (Å²) >= 11 is -3.70. The first-order valence-corrected chi connectivity index (χ1v) is 24.7. The molecule has 0 unspecified atom stereocenters. The Morgan fingerprint density at radius 1 is 0.458 bits per heavy atom. The van der Waals surface area contributed by atoms with Gasteiger partial charge in [0.2, 0.25) is 0 Å². The van der Waals surface area contributed by atoms with Gasteiger partial charge in [-0.05, 0) is 0 Å². The van der Waals surface area contributed by atoms with E-state index >= 15 is 0 Å². The summed E-state index contributed by atoms with van der Waals surface area (Å²) in [6.45, 7) is 4.72. The van der Waals surface area contributed by atoms with E-state index in [4.69, 9.17) is 9.97 Å². The van der Waals surface area contributed by atoms with Crippen LogP contribution in [-0.2, 0) is 5.41 Å². The van der Waals surface area contributed by atoms with Crippen LogP contribution in [0.4, 0.5) is 0 Å². The van der Waals surface area contributed by atoms with E-state index in [1.54, 1.807) is 0 Å². The Labute approximate surface area is 346 Å². The summed E-state index contributed by atoms with van der Waals surface area (Å²) < 4.78 is 7.95. The third kappa shape index (κ3) is 4.71.